The molecule has 0 bridgehead atoms. The van der Waals surface area contributed by atoms with Crippen LogP contribution in [0.2, 0.25) is 0 Å². The molecule has 1 aliphatic carbocycles. The highest BCUT2D eigenvalue weighted by Gasteiger charge is 2.21. The molecule has 1 fully saturated rings. The Morgan fingerprint density at radius 2 is 1.90 bits per heavy atom. The number of hydrogen-bond donors (Lipinski definition) is 0. The first-order chi connectivity index (χ1) is 10.3. The zero-order chi connectivity index (χ0) is 14.9. The molecule has 0 amide bonds. The Labute approximate surface area is 128 Å². The Morgan fingerprint density at radius 3 is 2.52 bits per heavy atom. The third-order valence-electron chi connectivity index (χ3n) is 4.49. The third-order valence-corrected chi connectivity index (χ3v) is 4.49. The van der Waals surface area contributed by atoms with Gasteiger partial charge >= 0.3 is 0 Å². The van der Waals surface area contributed by atoms with Crippen molar-refractivity contribution in [3.8, 4) is 6.07 Å². The van der Waals surface area contributed by atoms with Crippen LogP contribution in [-0.4, -0.2) is 13.2 Å². The molecule has 21 heavy (non-hydrogen) atoms. The Balaban J connectivity index is 1.70. The Hall–Kier alpha value is -1.59. The van der Waals surface area contributed by atoms with Crippen molar-refractivity contribution < 1.29 is 4.74 Å². The van der Waals surface area contributed by atoms with Gasteiger partial charge < -0.3 is 4.74 Å². The minimum absolute atomic E-state index is 0.672. The molecule has 0 saturated heterocycles. The lowest BCUT2D eigenvalue weighted by Crippen LogP contribution is -2.14. The smallest absolute Gasteiger partial charge is 0.0991 e. The molecule has 1 aromatic carbocycles. The van der Waals surface area contributed by atoms with Crippen LogP contribution in [0.15, 0.2) is 36.9 Å². The van der Waals surface area contributed by atoms with Gasteiger partial charge in [-0.15, -0.1) is 6.58 Å². The van der Waals surface area contributed by atoms with E-state index in [2.05, 4.69) is 24.8 Å². The van der Waals surface area contributed by atoms with Crippen LogP contribution in [0.5, 0.6) is 0 Å². The molecule has 0 N–H and O–H groups in total. The molecule has 2 rings (SSSR count). The van der Waals surface area contributed by atoms with Gasteiger partial charge in [0.1, 0.15) is 0 Å². The van der Waals surface area contributed by atoms with Crippen molar-refractivity contribution in [2.75, 3.05) is 13.2 Å². The van der Waals surface area contributed by atoms with Crippen LogP contribution < -0.4 is 0 Å². The van der Waals surface area contributed by atoms with Gasteiger partial charge in [0, 0.05) is 6.61 Å². The van der Waals surface area contributed by atoms with Crippen molar-refractivity contribution >= 4 is 0 Å². The first kappa shape index (κ1) is 15.8. The predicted octanol–water partition coefficient (Wildman–Crippen LogP) is 4.81. The SMILES string of the molecule is C=CCOCCC[C@H]1CC[C@H](c2ccc(C#N)cc2)CC1. The molecule has 2 heteroatoms. The molecule has 0 unspecified atom stereocenters. The molecule has 2 nitrogen and oxygen atoms in total. The average molecular weight is 283 g/mol. The third kappa shape index (κ3) is 5.02. The molecule has 1 saturated carbocycles. The van der Waals surface area contributed by atoms with Crippen LogP contribution in [0, 0.1) is 17.2 Å². The normalized spacial score (nSPS) is 21.7. The lowest BCUT2D eigenvalue weighted by Gasteiger charge is -2.28. The van der Waals surface area contributed by atoms with E-state index in [0.717, 1.165) is 18.1 Å². The van der Waals surface area contributed by atoms with Crippen LogP contribution in [0.25, 0.3) is 0 Å². The maximum absolute atomic E-state index is 8.84. The summed E-state index contributed by atoms with van der Waals surface area (Å²) in [7, 11) is 0. The summed E-state index contributed by atoms with van der Waals surface area (Å²) in [5.74, 6) is 1.55. The van der Waals surface area contributed by atoms with E-state index in [1.807, 2.05) is 18.2 Å². The second-order valence-electron chi connectivity index (χ2n) is 5.96. The minimum Gasteiger partial charge on any atom is -0.377 e. The van der Waals surface area contributed by atoms with Crippen molar-refractivity contribution in [3.63, 3.8) is 0 Å². The van der Waals surface area contributed by atoms with Crippen LogP contribution >= 0.6 is 0 Å². The summed E-state index contributed by atoms with van der Waals surface area (Å²) in [4.78, 5) is 0. The summed E-state index contributed by atoms with van der Waals surface area (Å²) in [6, 6.07) is 10.3. The van der Waals surface area contributed by atoms with Gasteiger partial charge in [0.05, 0.1) is 18.2 Å². The van der Waals surface area contributed by atoms with E-state index in [1.54, 1.807) is 0 Å². The average Bonchev–Trinajstić information content (AvgIpc) is 2.55. The summed E-state index contributed by atoms with van der Waals surface area (Å²) >= 11 is 0. The van der Waals surface area contributed by atoms with Crippen LogP contribution in [0.4, 0.5) is 0 Å². The molecule has 0 atom stereocenters. The molecule has 0 spiro atoms. The highest BCUT2D eigenvalue weighted by atomic mass is 16.5. The van der Waals surface area contributed by atoms with Gasteiger partial charge in [-0.25, -0.2) is 0 Å². The van der Waals surface area contributed by atoms with E-state index in [4.69, 9.17) is 10.00 Å². The molecule has 0 heterocycles. The van der Waals surface area contributed by atoms with Gasteiger partial charge in [-0.1, -0.05) is 18.2 Å². The molecule has 112 valence electrons. The van der Waals surface area contributed by atoms with Crippen LogP contribution in [0.1, 0.15) is 55.6 Å². The van der Waals surface area contributed by atoms with E-state index in [-0.39, 0.29) is 0 Å². The molecule has 0 aliphatic heterocycles. The van der Waals surface area contributed by atoms with E-state index >= 15 is 0 Å². The second-order valence-corrected chi connectivity index (χ2v) is 5.96. The van der Waals surface area contributed by atoms with Gasteiger partial charge in [0.25, 0.3) is 0 Å². The minimum atomic E-state index is 0.672. The van der Waals surface area contributed by atoms with Crippen molar-refractivity contribution in [1.29, 1.82) is 5.26 Å². The van der Waals surface area contributed by atoms with Crippen LogP contribution in [-0.2, 0) is 4.74 Å². The summed E-state index contributed by atoms with van der Waals surface area (Å²) in [5.41, 5.74) is 2.16. The van der Waals surface area contributed by atoms with E-state index in [1.165, 1.54) is 44.1 Å². The molecule has 1 aliphatic rings. The first-order valence-electron chi connectivity index (χ1n) is 8.02. The molecule has 0 radical (unpaired) electrons. The lowest BCUT2D eigenvalue weighted by molar-refractivity contribution is 0.149. The monoisotopic (exact) mass is 283 g/mol. The number of rotatable bonds is 7. The number of ether oxygens (including phenoxy) is 1. The maximum Gasteiger partial charge on any atom is 0.0991 e. The topological polar surface area (TPSA) is 33.0 Å². The fraction of sp³-hybridized carbons (Fsp3) is 0.526. The molecular formula is C19H25NO. The van der Waals surface area contributed by atoms with Crippen molar-refractivity contribution in [1.82, 2.24) is 0 Å². The zero-order valence-electron chi connectivity index (χ0n) is 12.8. The Morgan fingerprint density at radius 1 is 1.19 bits per heavy atom. The summed E-state index contributed by atoms with van der Waals surface area (Å²) in [6.45, 7) is 5.19. The number of nitrogens with zero attached hydrogens (tertiary/aromatic N) is 1. The number of nitriles is 1. The van der Waals surface area contributed by atoms with Gasteiger partial charge in [-0.2, -0.15) is 5.26 Å². The Bertz CT molecular complexity index is 463. The van der Waals surface area contributed by atoms with E-state index in [0.29, 0.717) is 12.5 Å². The van der Waals surface area contributed by atoms with Crippen molar-refractivity contribution in [2.24, 2.45) is 5.92 Å². The second kappa shape index (κ2) is 8.64. The molecule has 0 aromatic heterocycles. The van der Waals surface area contributed by atoms with Gasteiger partial charge in [0.2, 0.25) is 0 Å². The summed E-state index contributed by atoms with van der Waals surface area (Å²) < 4.78 is 5.44. The zero-order valence-corrected chi connectivity index (χ0v) is 12.8. The highest BCUT2D eigenvalue weighted by molar-refractivity contribution is 5.33. The van der Waals surface area contributed by atoms with Gasteiger partial charge in [0.15, 0.2) is 0 Å². The standard InChI is InChI=1S/C19H25NO/c1-2-13-21-14-3-4-16-5-9-18(10-6-16)19-11-7-17(15-20)8-12-19/h2,7-8,11-12,16,18H,1,3-6,9-10,13-14H2/t16-,18-. The fourth-order valence-corrected chi connectivity index (χ4v) is 3.26. The molecule has 1 aromatic rings. The molecular weight excluding hydrogens is 258 g/mol. The fourth-order valence-electron chi connectivity index (χ4n) is 3.26. The van der Waals surface area contributed by atoms with Crippen molar-refractivity contribution in [2.45, 2.75) is 44.4 Å². The number of hydrogen-bond acceptors (Lipinski definition) is 2. The highest BCUT2D eigenvalue weighted by Crippen LogP contribution is 2.37. The largest absolute Gasteiger partial charge is 0.377 e. The Kier molecular flexibility index (Phi) is 6.50. The number of benzene rings is 1. The van der Waals surface area contributed by atoms with E-state index < -0.39 is 0 Å². The first-order valence-corrected chi connectivity index (χ1v) is 8.02. The van der Waals surface area contributed by atoms with Crippen LogP contribution in [0.3, 0.4) is 0 Å². The van der Waals surface area contributed by atoms with Crippen molar-refractivity contribution in [3.05, 3.63) is 48.0 Å². The lowest BCUT2D eigenvalue weighted by atomic mass is 9.77. The van der Waals surface area contributed by atoms with Gasteiger partial charge in [-0.05, 0) is 68.1 Å². The predicted molar refractivity (Wildman–Crippen MR) is 86.1 cm³/mol. The summed E-state index contributed by atoms with van der Waals surface area (Å²) in [5, 5.41) is 8.84. The van der Waals surface area contributed by atoms with Gasteiger partial charge in [-0.3, -0.25) is 0 Å². The quantitative estimate of drug-likeness (QED) is 0.531. The van der Waals surface area contributed by atoms with E-state index in [9.17, 15) is 0 Å². The maximum atomic E-state index is 8.84. The summed E-state index contributed by atoms with van der Waals surface area (Å²) in [6.07, 6.45) is 9.48.